The summed E-state index contributed by atoms with van der Waals surface area (Å²) in [4.78, 5) is 15.6. The van der Waals surface area contributed by atoms with Gasteiger partial charge in [0.05, 0.1) is 12.8 Å². The molecule has 1 heterocycles. The SMILES string of the molecule is CC[C@H]1CC2C3CC[C@H]([C@H](C)CCOc4cnccc4C(=O)O)[C@@]3(C)CCC2[C@@]2(C)CCCC[C@@H]12. The Kier molecular flexibility index (Phi) is 6.96. The number of nitrogens with zero attached hydrogens (tertiary/aromatic N) is 1. The molecular weight excluding hydrogens is 434 g/mol. The van der Waals surface area contributed by atoms with Crippen LogP contribution in [0.4, 0.5) is 0 Å². The van der Waals surface area contributed by atoms with Crippen LogP contribution in [0.5, 0.6) is 5.75 Å². The highest BCUT2D eigenvalue weighted by Crippen LogP contribution is 2.69. The normalized spacial score (nSPS) is 41.4. The van der Waals surface area contributed by atoms with Crippen LogP contribution < -0.4 is 4.74 Å². The van der Waals surface area contributed by atoms with Crippen molar-refractivity contribution < 1.29 is 14.6 Å². The van der Waals surface area contributed by atoms with E-state index in [1.54, 1.807) is 0 Å². The maximum absolute atomic E-state index is 11.5. The van der Waals surface area contributed by atoms with E-state index in [1.807, 2.05) is 0 Å². The maximum Gasteiger partial charge on any atom is 0.339 e. The maximum atomic E-state index is 11.5. The number of fused-ring (bicyclic) bond motifs is 5. The Morgan fingerprint density at radius 3 is 2.69 bits per heavy atom. The van der Waals surface area contributed by atoms with Gasteiger partial charge in [-0.05, 0) is 110 Å². The minimum absolute atomic E-state index is 0.205. The summed E-state index contributed by atoms with van der Waals surface area (Å²) in [6.07, 6.45) is 18.4. The topological polar surface area (TPSA) is 59.4 Å². The van der Waals surface area contributed by atoms with Gasteiger partial charge in [-0.2, -0.15) is 0 Å². The predicted octanol–water partition coefficient (Wildman–Crippen LogP) is 7.87. The van der Waals surface area contributed by atoms with Crippen molar-refractivity contribution in [3.05, 3.63) is 24.0 Å². The van der Waals surface area contributed by atoms with Gasteiger partial charge in [-0.1, -0.05) is 47.0 Å². The molecule has 4 aliphatic rings. The summed E-state index contributed by atoms with van der Waals surface area (Å²) in [5.41, 5.74) is 1.25. The molecule has 0 aliphatic heterocycles. The molecule has 1 N–H and O–H groups in total. The molecule has 0 spiro atoms. The molecule has 1 aromatic rings. The fourth-order valence-corrected chi connectivity index (χ4v) is 10.2. The van der Waals surface area contributed by atoms with Gasteiger partial charge in [-0.25, -0.2) is 4.79 Å². The largest absolute Gasteiger partial charge is 0.491 e. The average Bonchev–Trinajstić information content (AvgIpc) is 3.20. The van der Waals surface area contributed by atoms with E-state index in [-0.39, 0.29) is 5.56 Å². The number of pyridine rings is 1. The van der Waals surface area contributed by atoms with E-state index in [0.717, 1.165) is 41.9 Å². The second-order valence-corrected chi connectivity index (χ2v) is 13.2. The van der Waals surface area contributed by atoms with E-state index < -0.39 is 5.97 Å². The Labute approximate surface area is 212 Å². The molecule has 0 saturated heterocycles. The third-order valence-corrected chi connectivity index (χ3v) is 11.9. The van der Waals surface area contributed by atoms with Crippen LogP contribution in [0.25, 0.3) is 0 Å². The molecular formula is C31H47NO3. The average molecular weight is 482 g/mol. The van der Waals surface area contributed by atoms with Crippen molar-refractivity contribution in [2.24, 2.45) is 52.3 Å². The van der Waals surface area contributed by atoms with Crippen molar-refractivity contribution in [1.29, 1.82) is 0 Å². The van der Waals surface area contributed by atoms with Crippen LogP contribution in [0.1, 0.15) is 109 Å². The standard InChI is InChI=1S/C31H47NO3/c1-5-21-18-23-26-10-9-24(20(2)13-17-35-28-19-32-16-12-22(28)29(33)34)31(26,4)15-11-27(23)30(3)14-7-6-8-25(21)30/h12,16,19-21,23-27H,5-11,13-15,17-18H2,1-4H3,(H,33,34)/t20-,21+,23?,24-,25+,26?,27?,30+,31-/m1/s1. The molecule has 194 valence electrons. The van der Waals surface area contributed by atoms with Crippen LogP contribution in [-0.2, 0) is 0 Å². The number of hydrogen-bond acceptors (Lipinski definition) is 3. The molecule has 4 aliphatic carbocycles. The number of carboxylic acids is 1. The van der Waals surface area contributed by atoms with Gasteiger partial charge in [-0.3, -0.25) is 4.98 Å². The fraction of sp³-hybridized carbons (Fsp3) is 0.806. The monoisotopic (exact) mass is 481 g/mol. The molecule has 0 amide bonds. The van der Waals surface area contributed by atoms with Crippen molar-refractivity contribution in [2.75, 3.05) is 6.61 Å². The molecule has 35 heavy (non-hydrogen) atoms. The van der Waals surface area contributed by atoms with E-state index >= 15 is 0 Å². The van der Waals surface area contributed by atoms with E-state index in [1.165, 1.54) is 82.7 Å². The quantitative estimate of drug-likeness (QED) is 0.430. The highest BCUT2D eigenvalue weighted by Gasteiger charge is 2.61. The fourth-order valence-electron chi connectivity index (χ4n) is 10.2. The Morgan fingerprint density at radius 2 is 1.91 bits per heavy atom. The van der Waals surface area contributed by atoms with E-state index in [9.17, 15) is 9.90 Å². The summed E-state index contributed by atoms with van der Waals surface area (Å²) >= 11 is 0. The predicted molar refractivity (Wildman–Crippen MR) is 139 cm³/mol. The van der Waals surface area contributed by atoms with Gasteiger partial charge in [0, 0.05) is 6.20 Å². The zero-order valence-corrected chi connectivity index (χ0v) is 22.5. The summed E-state index contributed by atoms with van der Waals surface area (Å²) in [7, 11) is 0. The van der Waals surface area contributed by atoms with Crippen LogP contribution in [-0.4, -0.2) is 22.7 Å². The van der Waals surface area contributed by atoms with Crippen LogP contribution in [0.3, 0.4) is 0 Å². The summed E-state index contributed by atoms with van der Waals surface area (Å²) in [6.45, 7) is 10.8. The zero-order chi connectivity index (χ0) is 24.8. The molecule has 0 bridgehead atoms. The second kappa shape index (κ2) is 9.71. The minimum atomic E-state index is -0.954. The van der Waals surface area contributed by atoms with Crippen LogP contribution >= 0.6 is 0 Å². The summed E-state index contributed by atoms with van der Waals surface area (Å²) in [5.74, 6) is 5.47. The first kappa shape index (κ1) is 25.1. The van der Waals surface area contributed by atoms with Crippen molar-refractivity contribution >= 4 is 5.97 Å². The van der Waals surface area contributed by atoms with Crippen molar-refractivity contribution in [3.8, 4) is 5.75 Å². The first-order chi connectivity index (χ1) is 16.8. The number of carboxylic acid groups (broad SMARTS) is 1. The van der Waals surface area contributed by atoms with E-state index in [0.29, 0.717) is 29.1 Å². The Morgan fingerprint density at radius 1 is 1.11 bits per heavy atom. The number of aromatic nitrogens is 1. The molecule has 4 nitrogen and oxygen atoms in total. The van der Waals surface area contributed by atoms with Gasteiger partial charge in [0.1, 0.15) is 5.56 Å². The lowest BCUT2D eigenvalue weighted by Gasteiger charge is -2.63. The molecule has 4 saturated carbocycles. The number of hydrogen-bond donors (Lipinski definition) is 1. The smallest absolute Gasteiger partial charge is 0.339 e. The molecule has 1 aromatic heterocycles. The highest BCUT2D eigenvalue weighted by atomic mass is 16.5. The summed E-state index contributed by atoms with van der Waals surface area (Å²) < 4.78 is 5.94. The third-order valence-electron chi connectivity index (χ3n) is 11.9. The first-order valence-corrected chi connectivity index (χ1v) is 14.6. The Balaban J connectivity index is 1.27. The molecule has 5 rings (SSSR count). The van der Waals surface area contributed by atoms with Crippen molar-refractivity contribution in [1.82, 2.24) is 4.98 Å². The van der Waals surface area contributed by atoms with E-state index in [2.05, 4.69) is 32.7 Å². The Hall–Kier alpha value is -1.58. The molecule has 0 radical (unpaired) electrons. The highest BCUT2D eigenvalue weighted by molar-refractivity contribution is 5.90. The van der Waals surface area contributed by atoms with Gasteiger partial charge < -0.3 is 9.84 Å². The molecule has 9 atom stereocenters. The zero-order valence-electron chi connectivity index (χ0n) is 22.5. The second-order valence-electron chi connectivity index (χ2n) is 13.2. The Bertz CT molecular complexity index is 916. The number of aromatic carboxylic acids is 1. The van der Waals surface area contributed by atoms with Crippen molar-refractivity contribution in [2.45, 2.75) is 98.3 Å². The summed E-state index contributed by atoms with van der Waals surface area (Å²) in [5, 5.41) is 9.42. The summed E-state index contributed by atoms with van der Waals surface area (Å²) in [6, 6.07) is 1.52. The molecule has 3 unspecified atom stereocenters. The molecule has 0 aromatic carbocycles. The lowest BCUT2D eigenvalue weighted by molar-refractivity contribution is -0.138. The van der Waals surface area contributed by atoms with Crippen LogP contribution in [0, 0.1) is 52.3 Å². The van der Waals surface area contributed by atoms with Crippen LogP contribution in [0.2, 0.25) is 0 Å². The minimum Gasteiger partial charge on any atom is -0.491 e. The van der Waals surface area contributed by atoms with E-state index in [4.69, 9.17) is 4.74 Å². The molecule has 4 heteroatoms. The van der Waals surface area contributed by atoms with Gasteiger partial charge in [-0.15, -0.1) is 0 Å². The lowest BCUT2D eigenvalue weighted by atomic mass is 9.42. The first-order valence-electron chi connectivity index (χ1n) is 14.6. The number of rotatable bonds is 7. The van der Waals surface area contributed by atoms with Gasteiger partial charge in [0.25, 0.3) is 0 Å². The van der Waals surface area contributed by atoms with Gasteiger partial charge in [0.15, 0.2) is 5.75 Å². The lowest BCUT2D eigenvalue weighted by Crippen LogP contribution is -2.55. The number of carbonyl (C=O) groups is 1. The molecule has 4 fully saturated rings. The third kappa shape index (κ3) is 4.21. The van der Waals surface area contributed by atoms with Crippen LogP contribution in [0.15, 0.2) is 18.5 Å². The van der Waals surface area contributed by atoms with Crippen molar-refractivity contribution in [3.63, 3.8) is 0 Å². The van der Waals surface area contributed by atoms with Gasteiger partial charge in [0.2, 0.25) is 0 Å². The number of ether oxygens (including phenoxy) is 1. The van der Waals surface area contributed by atoms with Gasteiger partial charge >= 0.3 is 5.97 Å².